The fraction of sp³-hybridized carbons (Fsp3) is 0.300. The average Bonchev–Trinajstić information content (AvgIpc) is 2.61. The third-order valence-corrected chi connectivity index (χ3v) is 3.98. The molecule has 1 aromatic heterocycles. The van der Waals surface area contributed by atoms with Crippen molar-refractivity contribution in [3.63, 3.8) is 0 Å². The van der Waals surface area contributed by atoms with Gasteiger partial charge in [-0.2, -0.15) is 4.98 Å². The molecular weight excluding hydrogens is 302 g/mol. The van der Waals surface area contributed by atoms with Crippen molar-refractivity contribution >= 4 is 10.9 Å². The summed E-state index contributed by atoms with van der Waals surface area (Å²) in [5.41, 5.74) is 2.24. The van der Waals surface area contributed by atoms with Gasteiger partial charge in [-0.05, 0) is 30.0 Å². The lowest BCUT2D eigenvalue weighted by Crippen LogP contribution is -2.07. The molecular formula is C20H21NO3. The molecule has 0 aliphatic rings. The highest BCUT2D eigenvalue weighted by Gasteiger charge is 2.11. The second-order valence-electron chi connectivity index (χ2n) is 5.81. The van der Waals surface area contributed by atoms with E-state index in [0.29, 0.717) is 17.5 Å². The van der Waals surface area contributed by atoms with E-state index in [1.165, 1.54) is 0 Å². The van der Waals surface area contributed by atoms with Crippen LogP contribution >= 0.6 is 0 Å². The van der Waals surface area contributed by atoms with Crippen molar-refractivity contribution in [1.82, 2.24) is 4.98 Å². The number of aromatic nitrogens is 1. The lowest BCUT2D eigenvalue weighted by Gasteiger charge is -2.07. The van der Waals surface area contributed by atoms with Crippen LogP contribution in [-0.2, 0) is 13.0 Å². The zero-order valence-corrected chi connectivity index (χ0v) is 13.8. The van der Waals surface area contributed by atoms with Gasteiger partial charge in [-0.3, -0.25) is 0 Å². The van der Waals surface area contributed by atoms with Gasteiger partial charge in [-0.1, -0.05) is 62.2 Å². The monoisotopic (exact) mass is 323 g/mol. The Balaban J connectivity index is 1.83. The van der Waals surface area contributed by atoms with Gasteiger partial charge in [-0.15, -0.1) is 0 Å². The highest BCUT2D eigenvalue weighted by molar-refractivity contribution is 5.80. The molecule has 0 aliphatic heterocycles. The zero-order valence-electron chi connectivity index (χ0n) is 13.8. The predicted octanol–water partition coefficient (Wildman–Crippen LogP) is 4.50. The molecule has 0 atom stereocenters. The largest absolute Gasteiger partial charge is 0.445 e. The summed E-state index contributed by atoms with van der Waals surface area (Å²) in [5, 5.41) is 0.570. The lowest BCUT2D eigenvalue weighted by molar-refractivity contribution is 0.207. The summed E-state index contributed by atoms with van der Waals surface area (Å²) in [7, 11) is 0. The molecule has 4 nitrogen and oxygen atoms in total. The number of fused-ring (bicyclic) bond motifs is 1. The number of nitrogens with zero attached hydrogens (tertiary/aromatic N) is 1. The van der Waals surface area contributed by atoms with Crippen molar-refractivity contribution in [3.8, 4) is 6.08 Å². The van der Waals surface area contributed by atoms with E-state index in [4.69, 9.17) is 9.15 Å². The van der Waals surface area contributed by atoms with Crippen molar-refractivity contribution in [2.75, 3.05) is 0 Å². The molecule has 0 fully saturated rings. The third kappa shape index (κ3) is 3.82. The quantitative estimate of drug-likeness (QED) is 0.601. The Kier molecular flexibility index (Phi) is 5.26. The van der Waals surface area contributed by atoms with Crippen LogP contribution in [0.1, 0.15) is 37.3 Å². The summed E-state index contributed by atoms with van der Waals surface area (Å²) in [6.07, 6.45) is 4.23. The second kappa shape index (κ2) is 7.77. The number of hydrogen-bond acceptors (Lipinski definition) is 4. The van der Waals surface area contributed by atoms with Gasteiger partial charge in [0, 0.05) is 0 Å². The molecule has 0 spiro atoms. The summed E-state index contributed by atoms with van der Waals surface area (Å²) in [6, 6.07) is 15.4. The molecule has 3 aromatic rings. The van der Waals surface area contributed by atoms with Gasteiger partial charge in [0.15, 0.2) is 0 Å². The molecule has 124 valence electrons. The van der Waals surface area contributed by atoms with E-state index in [9.17, 15) is 4.79 Å². The summed E-state index contributed by atoms with van der Waals surface area (Å²) in [4.78, 5) is 16.7. The first-order chi connectivity index (χ1) is 11.8. The van der Waals surface area contributed by atoms with Crippen LogP contribution in [0.25, 0.3) is 10.9 Å². The summed E-state index contributed by atoms with van der Waals surface area (Å²) in [5.74, 6) is 0. The normalized spacial score (nSPS) is 10.9. The maximum Gasteiger partial charge on any atom is 0.397 e. The van der Waals surface area contributed by atoms with Gasteiger partial charge in [0.2, 0.25) is 0 Å². The average molecular weight is 323 g/mol. The SMILES string of the molecule is CCCCCc1cccc2nc(OCc3ccccc3)oc(=O)c12. The molecule has 2 aromatic carbocycles. The van der Waals surface area contributed by atoms with E-state index in [1.54, 1.807) is 0 Å². The smallest absolute Gasteiger partial charge is 0.397 e. The van der Waals surface area contributed by atoms with Crippen molar-refractivity contribution in [2.24, 2.45) is 0 Å². The molecule has 0 aliphatic carbocycles. The molecule has 1 heterocycles. The van der Waals surface area contributed by atoms with Gasteiger partial charge in [-0.25, -0.2) is 4.79 Å². The van der Waals surface area contributed by atoms with Gasteiger partial charge in [0.25, 0.3) is 0 Å². The Hall–Kier alpha value is -2.62. The Labute approximate surface area is 141 Å². The molecule has 0 N–H and O–H groups in total. The topological polar surface area (TPSA) is 52.3 Å². The van der Waals surface area contributed by atoms with Gasteiger partial charge in [0.05, 0.1) is 10.9 Å². The number of rotatable bonds is 7. The Morgan fingerprint density at radius 3 is 2.67 bits per heavy atom. The van der Waals surface area contributed by atoms with E-state index in [-0.39, 0.29) is 11.7 Å². The van der Waals surface area contributed by atoms with Crippen molar-refractivity contribution in [2.45, 2.75) is 39.2 Å². The molecule has 0 unspecified atom stereocenters. The molecule has 0 bridgehead atoms. The lowest BCUT2D eigenvalue weighted by atomic mass is 10.0. The van der Waals surface area contributed by atoms with Crippen molar-refractivity contribution in [3.05, 3.63) is 70.1 Å². The summed E-state index contributed by atoms with van der Waals surface area (Å²) < 4.78 is 10.8. The highest BCUT2D eigenvalue weighted by atomic mass is 16.6. The maximum atomic E-state index is 12.4. The van der Waals surface area contributed by atoms with Crippen LogP contribution in [0.4, 0.5) is 0 Å². The summed E-state index contributed by atoms with van der Waals surface area (Å²) >= 11 is 0. The fourth-order valence-electron chi connectivity index (χ4n) is 2.72. The standard InChI is InChI=1S/C20H21NO3/c1-2-3-5-11-16-12-8-13-17-18(16)19(22)24-20(21-17)23-14-15-9-6-4-7-10-15/h4,6-10,12-13H,2-3,5,11,14H2,1H3. The minimum atomic E-state index is -0.379. The van der Waals surface area contributed by atoms with Crippen LogP contribution in [0.3, 0.4) is 0 Å². The number of hydrogen-bond donors (Lipinski definition) is 0. The first-order valence-corrected chi connectivity index (χ1v) is 8.37. The molecule has 3 rings (SSSR count). The zero-order chi connectivity index (χ0) is 16.8. The molecule has 24 heavy (non-hydrogen) atoms. The van der Waals surface area contributed by atoms with Crippen molar-refractivity contribution < 1.29 is 9.15 Å². The minimum absolute atomic E-state index is 0.0158. The maximum absolute atomic E-state index is 12.4. The Bertz CT molecular complexity index is 856. The van der Waals surface area contributed by atoms with Crippen LogP contribution in [-0.4, -0.2) is 4.98 Å². The predicted molar refractivity (Wildman–Crippen MR) is 94.3 cm³/mol. The van der Waals surface area contributed by atoms with E-state index < -0.39 is 0 Å². The Morgan fingerprint density at radius 2 is 1.88 bits per heavy atom. The molecule has 0 saturated carbocycles. The highest BCUT2D eigenvalue weighted by Crippen LogP contribution is 2.19. The van der Waals surface area contributed by atoms with Gasteiger partial charge < -0.3 is 9.15 Å². The van der Waals surface area contributed by atoms with Crippen LogP contribution in [0.5, 0.6) is 6.08 Å². The number of aryl methyl sites for hydroxylation is 1. The van der Waals surface area contributed by atoms with E-state index in [0.717, 1.165) is 36.8 Å². The first kappa shape index (κ1) is 16.2. The van der Waals surface area contributed by atoms with Crippen LogP contribution < -0.4 is 10.4 Å². The number of ether oxygens (including phenoxy) is 1. The van der Waals surface area contributed by atoms with Gasteiger partial charge in [0.1, 0.15) is 6.61 Å². The first-order valence-electron chi connectivity index (χ1n) is 8.37. The molecule has 4 heteroatoms. The van der Waals surface area contributed by atoms with Crippen LogP contribution in [0.15, 0.2) is 57.7 Å². The molecule has 0 saturated heterocycles. The van der Waals surface area contributed by atoms with E-state index >= 15 is 0 Å². The van der Waals surface area contributed by atoms with Crippen LogP contribution in [0, 0.1) is 0 Å². The number of unbranched alkanes of at least 4 members (excludes halogenated alkanes) is 2. The van der Waals surface area contributed by atoms with Crippen LogP contribution in [0.2, 0.25) is 0 Å². The minimum Gasteiger partial charge on any atom is -0.445 e. The van der Waals surface area contributed by atoms with E-state index in [2.05, 4.69) is 11.9 Å². The number of benzene rings is 2. The second-order valence-corrected chi connectivity index (χ2v) is 5.81. The third-order valence-electron chi connectivity index (χ3n) is 3.98. The molecule has 0 amide bonds. The summed E-state index contributed by atoms with van der Waals surface area (Å²) in [6.45, 7) is 2.48. The van der Waals surface area contributed by atoms with Gasteiger partial charge >= 0.3 is 11.7 Å². The molecule has 0 radical (unpaired) electrons. The van der Waals surface area contributed by atoms with E-state index in [1.807, 2.05) is 48.5 Å². The van der Waals surface area contributed by atoms with Crippen molar-refractivity contribution in [1.29, 1.82) is 0 Å². The fourth-order valence-corrected chi connectivity index (χ4v) is 2.72. The Morgan fingerprint density at radius 1 is 1.04 bits per heavy atom.